The minimum atomic E-state index is -1.23. The van der Waals surface area contributed by atoms with E-state index >= 15 is 0 Å². The number of carboxylic acid groups (broad SMARTS) is 2. The van der Waals surface area contributed by atoms with Crippen molar-refractivity contribution in [3.05, 3.63) is 0 Å². The van der Waals surface area contributed by atoms with Gasteiger partial charge in [-0.05, 0) is 19.9 Å². The predicted octanol–water partition coefficient (Wildman–Crippen LogP) is -4.64. The van der Waals surface area contributed by atoms with Gasteiger partial charge < -0.3 is 26.5 Å². The summed E-state index contributed by atoms with van der Waals surface area (Å²) < 4.78 is 0. The zero-order chi connectivity index (χ0) is 8.85. The second-order valence-electron chi connectivity index (χ2n) is 2.09. The molecule has 0 fully saturated rings. The molecule has 1 atom stereocenters. The molecule has 0 saturated heterocycles. The van der Waals surface area contributed by atoms with E-state index in [0.29, 0.717) is 0 Å². The Morgan fingerprint density at radius 3 is 2.23 bits per heavy atom. The summed E-state index contributed by atoms with van der Waals surface area (Å²) in [6, 6.07) is -0.798. The molecule has 0 aliphatic rings. The van der Waals surface area contributed by atoms with Gasteiger partial charge in [-0.15, -0.1) is 0 Å². The summed E-state index contributed by atoms with van der Waals surface area (Å²) in [6.07, 6.45) is -0.189. The molecule has 0 saturated carbocycles. The van der Waals surface area contributed by atoms with Crippen molar-refractivity contribution in [2.45, 2.75) is 18.9 Å². The van der Waals surface area contributed by atoms with Gasteiger partial charge in [-0.1, -0.05) is 0 Å². The molecule has 6 nitrogen and oxygen atoms in total. The van der Waals surface area contributed by atoms with Crippen LogP contribution < -0.4 is 46.1 Å². The summed E-state index contributed by atoms with van der Waals surface area (Å²) in [6.45, 7) is 0. The molecule has 5 N–H and O–H groups in total. The third kappa shape index (κ3) is 9.78. The number of nitrogens with one attached hydrogen (secondary N) is 1. The van der Waals surface area contributed by atoms with Crippen LogP contribution in [0.1, 0.15) is 12.8 Å². The Bertz CT molecular complexity index is 165. The molecule has 0 aromatic carbocycles. The monoisotopic (exact) mass is 200 g/mol. The Morgan fingerprint density at radius 1 is 1.54 bits per heavy atom. The first-order valence-electron chi connectivity index (χ1n) is 3.18. The predicted molar refractivity (Wildman–Crippen MR) is 39.7 cm³/mol. The normalized spacial score (nSPS) is 10.5. The van der Waals surface area contributed by atoms with Crippen LogP contribution in [-0.2, 0) is 9.59 Å². The van der Waals surface area contributed by atoms with Crippen LogP contribution >= 0.6 is 0 Å². The van der Waals surface area contributed by atoms with Crippen molar-refractivity contribution in [1.82, 2.24) is 11.5 Å². The Balaban J connectivity index is -0.000000500. The van der Waals surface area contributed by atoms with Crippen molar-refractivity contribution in [1.29, 1.82) is 0 Å². The molecular formula is C6H13N2NaO4. The maximum Gasteiger partial charge on any atom is 1.00 e. The van der Waals surface area contributed by atoms with E-state index in [9.17, 15) is 14.7 Å². The Hall–Kier alpha value is -0.140. The number of carbonyl (C=O) groups is 2. The first-order valence-corrected chi connectivity index (χ1v) is 3.18. The zero-order valence-electron chi connectivity index (χ0n) is 7.87. The van der Waals surface area contributed by atoms with Crippen LogP contribution in [0.2, 0.25) is 0 Å². The van der Waals surface area contributed by atoms with Gasteiger partial charge in [0.15, 0.2) is 0 Å². The molecule has 0 aliphatic heterocycles. The molecule has 0 heterocycles. The maximum atomic E-state index is 10.3. The minimum Gasteiger partial charge on any atom is -0.550 e. The fourth-order valence-corrected chi connectivity index (χ4v) is 0.653. The van der Waals surface area contributed by atoms with E-state index in [4.69, 9.17) is 5.11 Å². The molecule has 0 spiro atoms. The second-order valence-corrected chi connectivity index (χ2v) is 2.09. The van der Waals surface area contributed by atoms with Crippen molar-refractivity contribution in [3.63, 3.8) is 0 Å². The standard InChI is InChI=1S/C6H11NO4.H3N.Na/c1-7-4(6(10)11)2-3-5(8)9;;/h4,7H,2-3H2,1H3,(H,8,9)(H,10,11);1H3;/q;;+1/p-1. The third-order valence-corrected chi connectivity index (χ3v) is 1.28. The number of carbonyl (C=O) groups excluding carboxylic acids is 1. The molecule has 13 heavy (non-hydrogen) atoms. The summed E-state index contributed by atoms with van der Waals surface area (Å²) in [4.78, 5) is 20.2. The van der Waals surface area contributed by atoms with Crippen LogP contribution in [0.25, 0.3) is 0 Å². The van der Waals surface area contributed by atoms with Crippen molar-refractivity contribution in [3.8, 4) is 0 Å². The number of hydrogen-bond acceptors (Lipinski definition) is 5. The summed E-state index contributed by atoms with van der Waals surface area (Å²) in [7, 11) is 1.47. The molecule has 0 amide bonds. The summed E-state index contributed by atoms with van der Waals surface area (Å²) in [5, 5.41) is 20.8. The van der Waals surface area contributed by atoms with E-state index in [-0.39, 0.29) is 48.5 Å². The number of carboxylic acids is 2. The van der Waals surface area contributed by atoms with Crippen LogP contribution in [0.15, 0.2) is 0 Å². The summed E-state index contributed by atoms with van der Waals surface area (Å²) >= 11 is 0. The molecule has 1 unspecified atom stereocenters. The van der Waals surface area contributed by atoms with Gasteiger partial charge in [-0.3, -0.25) is 4.79 Å². The van der Waals surface area contributed by atoms with Gasteiger partial charge in [0.1, 0.15) is 6.04 Å². The topological polar surface area (TPSA) is 124 Å². The first kappa shape index (κ1) is 18.6. The van der Waals surface area contributed by atoms with E-state index in [1.807, 2.05) is 0 Å². The number of hydrogen-bond donors (Lipinski definition) is 3. The Morgan fingerprint density at radius 2 is 2.00 bits per heavy atom. The van der Waals surface area contributed by atoms with Crippen molar-refractivity contribution >= 4 is 11.9 Å². The number of rotatable bonds is 5. The Kier molecular flexibility index (Phi) is 14.2. The van der Waals surface area contributed by atoms with Gasteiger partial charge >= 0.3 is 35.5 Å². The summed E-state index contributed by atoms with van der Waals surface area (Å²) in [5.74, 6) is -2.28. The van der Waals surface area contributed by atoms with Crippen molar-refractivity contribution < 1.29 is 49.4 Å². The molecule has 72 valence electrons. The van der Waals surface area contributed by atoms with Crippen LogP contribution in [0.3, 0.4) is 0 Å². The minimum absolute atomic E-state index is 0. The molecule has 0 aromatic rings. The second kappa shape index (κ2) is 9.94. The largest absolute Gasteiger partial charge is 1.00 e. The number of likely N-dealkylation sites (N-methyl/N-ethyl adjacent to an activating group) is 1. The van der Waals surface area contributed by atoms with Crippen LogP contribution in [0.4, 0.5) is 0 Å². The summed E-state index contributed by atoms with van der Waals surface area (Å²) in [5.41, 5.74) is 0. The molecule has 0 aliphatic carbocycles. The molecule has 7 heteroatoms. The van der Waals surface area contributed by atoms with Gasteiger partial charge in [0, 0.05) is 5.97 Å². The Labute approximate surface area is 98.6 Å². The van der Waals surface area contributed by atoms with E-state index in [2.05, 4.69) is 5.32 Å². The average molecular weight is 200 g/mol. The van der Waals surface area contributed by atoms with Gasteiger partial charge in [-0.2, -0.15) is 0 Å². The number of aliphatic carboxylic acids is 2. The quantitative estimate of drug-likeness (QED) is 0.383. The van der Waals surface area contributed by atoms with Crippen molar-refractivity contribution in [2.24, 2.45) is 0 Å². The van der Waals surface area contributed by atoms with Crippen LogP contribution in [0.5, 0.6) is 0 Å². The van der Waals surface area contributed by atoms with E-state index in [1.54, 1.807) is 0 Å². The molecule has 0 bridgehead atoms. The average Bonchev–Trinajstić information content (AvgIpc) is 1.87. The zero-order valence-corrected chi connectivity index (χ0v) is 9.87. The van der Waals surface area contributed by atoms with Crippen molar-refractivity contribution in [2.75, 3.05) is 7.05 Å². The molecule has 0 radical (unpaired) electrons. The van der Waals surface area contributed by atoms with E-state index in [0.717, 1.165) is 0 Å². The molecular weight excluding hydrogens is 187 g/mol. The van der Waals surface area contributed by atoms with Crippen LogP contribution in [-0.4, -0.2) is 30.1 Å². The first-order chi connectivity index (χ1) is 5.07. The van der Waals surface area contributed by atoms with E-state index in [1.165, 1.54) is 7.05 Å². The maximum absolute atomic E-state index is 10.3. The van der Waals surface area contributed by atoms with E-state index < -0.39 is 18.0 Å². The van der Waals surface area contributed by atoms with Crippen LogP contribution in [0, 0.1) is 0 Å². The van der Waals surface area contributed by atoms with Gasteiger partial charge in [-0.25, -0.2) is 0 Å². The molecule has 0 rings (SSSR count). The fourth-order valence-electron chi connectivity index (χ4n) is 0.653. The smallest absolute Gasteiger partial charge is 0.550 e. The SMILES string of the molecule is CNC(CCC(=O)[O-])C(=O)O.N.[Na+]. The van der Waals surface area contributed by atoms with Gasteiger partial charge in [0.25, 0.3) is 0 Å². The fraction of sp³-hybridized carbons (Fsp3) is 0.667. The molecule has 0 aromatic heterocycles. The van der Waals surface area contributed by atoms with Gasteiger partial charge in [0.05, 0.1) is 0 Å². The van der Waals surface area contributed by atoms with Gasteiger partial charge in [0.2, 0.25) is 0 Å². The third-order valence-electron chi connectivity index (χ3n) is 1.28.